The van der Waals surface area contributed by atoms with Crippen LogP contribution in [0.2, 0.25) is 0 Å². The molecular formula is C17H34N2O2. The lowest BCUT2D eigenvalue weighted by molar-refractivity contribution is -0.0281. The molecule has 0 bridgehead atoms. The first-order chi connectivity index (χ1) is 10.1. The van der Waals surface area contributed by atoms with Gasteiger partial charge >= 0.3 is 0 Å². The maximum atomic E-state index is 5.82. The van der Waals surface area contributed by atoms with Crippen LogP contribution in [0.3, 0.4) is 0 Å². The second-order valence-corrected chi connectivity index (χ2v) is 7.44. The van der Waals surface area contributed by atoms with Crippen molar-refractivity contribution in [1.29, 1.82) is 0 Å². The van der Waals surface area contributed by atoms with Crippen molar-refractivity contribution in [2.45, 2.75) is 45.6 Å². The number of hydrogen-bond donors (Lipinski definition) is 1. The van der Waals surface area contributed by atoms with E-state index in [0.29, 0.717) is 11.5 Å². The first-order valence-electron chi connectivity index (χ1n) is 8.67. The largest absolute Gasteiger partial charge is 0.381 e. The highest BCUT2D eigenvalue weighted by atomic mass is 16.5. The van der Waals surface area contributed by atoms with E-state index in [2.05, 4.69) is 31.1 Å². The average Bonchev–Trinajstić information content (AvgIpc) is 2.47. The van der Waals surface area contributed by atoms with Gasteiger partial charge in [0, 0.05) is 50.9 Å². The Morgan fingerprint density at radius 1 is 1.19 bits per heavy atom. The molecule has 4 heteroatoms. The van der Waals surface area contributed by atoms with Crippen LogP contribution in [0.1, 0.15) is 39.5 Å². The molecule has 0 aromatic heterocycles. The van der Waals surface area contributed by atoms with Crippen LogP contribution < -0.4 is 5.32 Å². The fourth-order valence-electron chi connectivity index (χ4n) is 3.66. The van der Waals surface area contributed by atoms with Crippen molar-refractivity contribution in [3.8, 4) is 0 Å². The fraction of sp³-hybridized carbons (Fsp3) is 1.00. The summed E-state index contributed by atoms with van der Waals surface area (Å²) in [5.74, 6) is 0.809. The zero-order chi connectivity index (χ0) is 15.1. The van der Waals surface area contributed by atoms with Crippen LogP contribution in [-0.2, 0) is 9.47 Å². The molecule has 2 rings (SSSR count). The Bertz CT molecular complexity index is 285. The lowest BCUT2D eigenvalue weighted by atomic mass is 9.81. The van der Waals surface area contributed by atoms with Crippen LogP contribution in [0.5, 0.6) is 0 Å². The minimum absolute atomic E-state index is 0.294. The summed E-state index contributed by atoms with van der Waals surface area (Å²) in [5.41, 5.74) is 0.294. The van der Waals surface area contributed by atoms with Crippen molar-refractivity contribution in [2.24, 2.45) is 11.3 Å². The zero-order valence-corrected chi connectivity index (χ0v) is 14.2. The standard InChI is InChI=1S/C17H34N2O2/c1-15(2)18-12-17(7-4-8-21-14-17)13-19(3)11-16-5-9-20-10-6-16/h15-16,18H,4-14H2,1-3H3. The third-order valence-corrected chi connectivity index (χ3v) is 4.81. The number of nitrogens with zero attached hydrogens (tertiary/aromatic N) is 1. The number of hydrogen-bond acceptors (Lipinski definition) is 4. The molecule has 0 saturated carbocycles. The van der Waals surface area contributed by atoms with Crippen molar-refractivity contribution < 1.29 is 9.47 Å². The second-order valence-electron chi connectivity index (χ2n) is 7.44. The first-order valence-corrected chi connectivity index (χ1v) is 8.67. The van der Waals surface area contributed by atoms with Gasteiger partial charge in [0.15, 0.2) is 0 Å². The van der Waals surface area contributed by atoms with Crippen molar-refractivity contribution in [2.75, 3.05) is 53.1 Å². The molecule has 0 aromatic rings. The van der Waals surface area contributed by atoms with Crippen LogP contribution in [0, 0.1) is 11.3 Å². The van der Waals surface area contributed by atoms with Gasteiger partial charge in [-0.25, -0.2) is 0 Å². The Hall–Kier alpha value is -0.160. The van der Waals surface area contributed by atoms with Gasteiger partial charge in [-0.2, -0.15) is 0 Å². The van der Waals surface area contributed by atoms with Gasteiger partial charge in [-0.1, -0.05) is 13.8 Å². The van der Waals surface area contributed by atoms with E-state index in [1.165, 1.54) is 32.2 Å². The summed E-state index contributed by atoms with van der Waals surface area (Å²) >= 11 is 0. The van der Waals surface area contributed by atoms with E-state index in [4.69, 9.17) is 9.47 Å². The summed E-state index contributed by atoms with van der Waals surface area (Å²) in [6.07, 6.45) is 4.92. The van der Waals surface area contributed by atoms with Crippen LogP contribution in [0.15, 0.2) is 0 Å². The van der Waals surface area contributed by atoms with E-state index >= 15 is 0 Å². The maximum Gasteiger partial charge on any atom is 0.0546 e. The Balaban J connectivity index is 1.84. The summed E-state index contributed by atoms with van der Waals surface area (Å²) in [5, 5.41) is 3.64. The minimum Gasteiger partial charge on any atom is -0.381 e. The van der Waals surface area contributed by atoms with Gasteiger partial charge in [-0.15, -0.1) is 0 Å². The highest BCUT2D eigenvalue weighted by Crippen LogP contribution is 2.29. The van der Waals surface area contributed by atoms with Gasteiger partial charge in [0.1, 0.15) is 0 Å². The van der Waals surface area contributed by atoms with Crippen molar-refractivity contribution in [1.82, 2.24) is 10.2 Å². The molecule has 0 aliphatic carbocycles. The molecule has 0 amide bonds. The highest BCUT2D eigenvalue weighted by Gasteiger charge is 2.34. The van der Waals surface area contributed by atoms with Crippen molar-refractivity contribution >= 4 is 0 Å². The molecule has 2 saturated heterocycles. The molecule has 1 N–H and O–H groups in total. The van der Waals surface area contributed by atoms with E-state index in [0.717, 1.165) is 45.4 Å². The molecular weight excluding hydrogens is 264 g/mol. The molecule has 4 nitrogen and oxygen atoms in total. The predicted molar refractivity (Wildman–Crippen MR) is 86.7 cm³/mol. The molecule has 0 spiro atoms. The Morgan fingerprint density at radius 2 is 1.95 bits per heavy atom. The molecule has 1 atom stereocenters. The summed E-state index contributed by atoms with van der Waals surface area (Å²) in [4.78, 5) is 2.53. The van der Waals surface area contributed by atoms with Gasteiger partial charge in [0.2, 0.25) is 0 Å². The van der Waals surface area contributed by atoms with Crippen molar-refractivity contribution in [3.63, 3.8) is 0 Å². The van der Waals surface area contributed by atoms with Crippen molar-refractivity contribution in [3.05, 3.63) is 0 Å². The van der Waals surface area contributed by atoms with Gasteiger partial charge in [0.25, 0.3) is 0 Å². The number of rotatable bonds is 7. The molecule has 2 fully saturated rings. The molecule has 0 radical (unpaired) electrons. The normalized spacial score (nSPS) is 28.4. The summed E-state index contributed by atoms with van der Waals surface area (Å²) in [6, 6.07) is 0.546. The lowest BCUT2D eigenvalue weighted by Gasteiger charge is -2.41. The van der Waals surface area contributed by atoms with Gasteiger partial charge in [-0.3, -0.25) is 0 Å². The third kappa shape index (κ3) is 5.85. The molecule has 2 aliphatic heterocycles. The predicted octanol–water partition coefficient (Wildman–Crippen LogP) is 2.14. The van der Waals surface area contributed by atoms with Crippen LogP contribution in [-0.4, -0.2) is 64.1 Å². The third-order valence-electron chi connectivity index (χ3n) is 4.81. The topological polar surface area (TPSA) is 33.7 Å². The maximum absolute atomic E-state index is 5.82. The quantitative estimate of drug-likeness (QED) is 0.781. The summed E-state index contributed by atoms with van der Waals surface area (Å²) in [7, 11) is 2.28. The van der Waals surface area contributed by atoms with Crippen LogP contribution >= 0.6 is 0 Å². The smallest absolute Gasteiger partial charge is 0.0546 e. The Kier molecular flexibility index (Phi) is 6.93. The highest BCUT2D eigenvalue weighted by molar-refractivity contribution is 4.87. The Labute approximate surface area is 130 Å². The van der Waals surface area contributed by atoms with E-state index in [9.17, 15) is 0 Å². The molecule has 21 heavy (non-hydrogen) atoms. The molecule has 0 aromatic carbocycles. The molecule has 2 aliphatic rings. The minimum atomic E-state index is 0.294. The summed E-state index contributed by atoms with van der Waals surface area (Å²) in [6.45, 7) is 11.6. The fourth-order valence-corrected chi connectivity index (χ4v) is 3.66. The van der Waals surface area contributed by atoms with Gasteiger partial charge in [0.05, 0.1) is 6.61 Å². The van der Waals surface area contributed by atoms with Crippen LogP contribution in [0.25, 0.3) is 0 Å². The average molecular weight is 298 g/mol. The van der Waals surface area contributed by atoms with E-state index in [-0.39, 0.29) is 0 Å². The Morgan fingerprint density at radius 3 is 2.57 bits per heavy atom. The second kappa shape index (κ2) is 8.47. The SMILES string of the molecule is CC(C)NCC1(CN(C)CC2CCOCC2)CCCOC1. The van der Waals surface area contributed by atoms with Gasteiger partial charge in [-0.05, 0) is 38.6 Å². The van der Waals surface area contributed by atoms with E-state index in [1.54, 1.807) is 0 Å². The number of ether oxygens (including phenoxy) is 2. The molecule has 124 valence electrons. The lowest BCUT2D eigenvalue weighted by Crippen LogP contribution is -2.50. The molecule has 1 unspecified atom stereocenters. The monoisotopic (exact) mass is 298 g/mol. The zero-order valence-electron chi connectivity index (χ0n) is 14.2. The first kappa shape index (κ1) is 17.2. The number of nitrogens with one attached hydrogen (secondary N) is 1. The summed E-state index contributed by atoms with van der Waals surface area (Å²) < 4.78 is 11.3. The van der Waals surface area contributed by atoms with E-state index < -0.39 is 0 Å². The molecule has 2 heterocycles. The van der Waals surface area contributed by atoms with Gasteiger partial charge < -0.3 is 19.7 Å². The van der Waals surface area contributed by atoms with E-state index in [1.807, 2.05) is 0 Å². The van der Waals surface area contributed by atoms with Crippen LogP contribution in [0.4, 0.5) is 0 Å².